The van der Waals surface area contributed by atoms with Crippen molar-refractivity contribution >= 4 is 58.2 Å². The normalized spacial score (nSPS) is 12.6. The van der Waals surface area contributed by atoms with Gasteiger partial charge in [0.25, 0.3) is 5.91 Å². The monoisotopic (exact) mass is 445 g/mol. The van der Waals surface area contributed by atoms with E-state index in [-0.39, 0.29) is 15.7 Å². The quantitative estimate of drug-likeness (QED) is 0.216. The molecule has 0 aliphatic rings. The fourth-order valence-corrected chi connectivity index (χ4v) is 2.27. The third-order valence-electron chi connectivity index (χ3n) is 3.28. The molecule has 1 aromatic carbocycles. The number of ether oxygens (including phenoxy) is 2. The zero-order valence-electron chi connectivity index (χ0n) is 16.5. The van der Waals surface area contributed by atoms with Crippen LogP contribution in [-0.4, -0.2) is 49.1 Å². The van der Waals surface area contributed by atoms with Crippen molar-refractivity contribution in [2.45, 2.75) is 26.3 Å². The Hall–Kier alpha value is -2.65. The number of benzene rings is 1. The van der Waals surface area contributed by atoms with Crippen LogP contribution in [0.15, 0.2) is 23.3 Å². The van der Waals surface area contributed by atoms with Gasteiger partial charge >= 0.3 is 11.9 Å². The van der Waals surface area contributed by atoms with Crippen molar-refractivity contribution in [3.8, 4) is 0 Å². The molecule has 0 aliphatic carbocycles. The van der Waals surface area contributed by atoms with Gasteiger partial charge in [-0.3, -0.25) is 14.4 Å². The van der Waals surface area contributed by atoms with E-state index >= 15 is 0 Å². The predicted octanol–water partition coefficient (Wildman–Crippen LogP) is 2.21. The van der Waals surface area contributed by atoms with E-state index in [9.17, 15) is 19.2 Å². The average Bonchev–Trinajstić information content (AvgIpc) is 2.65. The Morgan fingerprint density at radius 1 is 1.07 bits per heavy atom. The maximum Gasteiger partial charge on any atom is 0.355 e. The topological polar surface area (TPSA) is 123 Å². The molecule has 158 valence electrons. The Morgan fingerprint density at radius 3 is 2.21 bits per heavy atom. The predicted molar refractivity (Wildman–Crippen MR) is 108 cm³/mol. The summed E-state index contributed by atoms with van der Waals surface area (Å²) in [5, 5.41) is 6.44. The molecular formula is C18H21Cl2N3O6. The minimum Gasteiger partial charge on any atom is -0.468 e. The fourth-order valence-electron chi connectivity index (χ4n) is 1.93. The number of nitrogens with zero attached hydrogens (tertiary/aromatic N) is 1. The zero-order valence-corrected chi connectivity index (χ0v) is 18.0. The zero-order chi connectivity index (χ0) is 22.4. The Kier molecular flexibility index (Phi) is 8.59. The molecule has 1 amide bonds. The van der Waals surface area contributed by atoms with Crippen LogP contribution in [0.25, 0.3) is 0 Å². The van der Waals surface area contributed by atoms with Crippen LogP contribution >= 0.6 is 23.2 Å². The van der Waals surface area contributed by atoms with E-state index < -0.39 is 40.8 Å². The van der Waals surface area contributed by atoms with Crippen molar-refractivity contribution in [1.29, 1.82) is 0 Å². The summed E-state index contributed by atoms with van der Waals surface area (Å²) in [6, 6.07) is 4.22. The first kappa shape index (κ1) is 24.4. The lowest BCUT2D eigenvalue weighted by atomic mass is 9.97. The molecule has 0 saturated heterocycles. The molecule has 1 rings (SSSR count). The molecule has 0 aliphatic heterocycles. The largest absolute Gasteiger partial charge is 0.468 e. The lowest BCUT2D eigenvalue weighted by molar-refractivity contribution is -0.150. The molecule has 0 spiro atoms. The number of esters is 2. The van der Waals surface area contributed by atoms with E-state index in [1.54, 1.807) is 20.8 Å². The highest BCUT2D eigenvalue weighted by Crippen LogP contribution is 2.25. The molecule has 0 aromatic heterocycles. The molecule has 2 N–H and O–H groups in total. The molecule has 0 fully saturated rings. The second-order valence-electron chi connectivity index (χ2n) is 6.75. The number of carbonyl (C=O) groups is 4. The number of anilines is 1. The minimum absolute atomic E-state index is 0.0468. The van der Waals surface area contributed by atoms with Gasteiger partial charge in [0.1, 0.15) is 0 Å². The Morgan fingerprint density at radius 2 is 1.69 bits per heavy atom. The van der Waals surface area contributed by atoms with Gasteiger partial charge < -0.3 is 20.2 Å². The van der Waals surface area contributed by atoms with Gasteiger partial charge in [0.15, 0.2) is 11.6 Å². The smallest absolute Gasteiger partial charge is 0.355 e. The number of nitrogens with one attached hydrogen (secondary N) is 2. The van der Waals surface area contributed by atoms with E-state index in [1.165, 1.54) is 18.2 Å². The number of hydrazone groups is 1. The average molecular weight is 446 g/mol. The second kappa shape index (κ2) is 10.2. The summed E-state index contributed by atoms with van der Waals surface area (Å²) in [5.74, 6) is -6.73. The first-order valence-electron chi connectivity index (χ1n) is 8.22. The molecule has 9 nitrogen and oxygen atoms in total. The van der Waals surface area contributed by atoms with E-state index in [0.717, 1.165) is 14.2 Å². The summed E-state index contributed by atoms with van der Waals surface area (Å²) >= 11 is 11.8. The number of carbonyl (C=O) groups excluding carboxylic acids is 4. The maximum absolute atomic E-state index is 12.7. The number of ketones is 1. The van der Waals surface area contributed by atoms with Gasteiger partial charge in [-0.1, -0.05) is 23.2 Å². The summed E-state index contributed by atoms with van der Waals surface area (Å²) in [7, 11) is 2.04. The molecule has 0 radical (unpaired) electrons. The highest BCUT2D eigenvalue weighted by molar-refractivity contribution is 6.56. The molecule has 11 heteroatoms. The second-order valence-corrected chi connectivity index (χ2v) is 7.59. The number of hydrogen-bond acceptors (Lipinski definition) is 8. The van der Waals surface area contributed by atoms with Crippen molar-refractivity contribution in [1.82, 2.24) is 5.43 Å². The molecular weight excluding hydrogens is 425 g/mol. The first-order valence-corrected chi connectivity index (χ1v) is 8.98. The van der Waals surface area contributed by atoms with Gasteiger partial charge in [0.2, 0.25) is 5.78 Å². The number of methoxy groups -OCH3 is 2. The SMILES string of the molecule is COC(=O)/C(=N/NC(C)(C)C)[C@H](C(=O)OC)C(=O)C(=O)Nc1cc(Cl)ccc1Cl. The number of halogens is 2. The maximum atomic E-state index is 12.7. The number of amides is 1. The van der Waals surface area contributed by atoms with Gasteiger partial charge in [0.05, 0.1) is 24.9 Å². The van der Waals surface area contributed by atoms with Crippen LogP contribution in [0.4, 0.5) is 5.69 Å². The van der Waals surface area contributed by atoms with Crippen LogP contribution < -0.4 is 10.7 Å². The molecule has 1 aromatic rings. The van der Waals surface area contributed by atoms with Gasteiger partial charge in [0, 0.05) is 10.6 Å². The minimum atomic E-state index is -1.96. The highest BCUT2D eigenvalue weighted by Gasteiger charge is 2.41. The lowest BCUT2D eigenvalue weighted by Gasteiger charge is -2.20. The van der Waals surface area contributed by atoms with Crippen LogP contribution in [0.2, 0.25) is 10.0 Å². The first-order chi connectivity index (χ1) is 13.4. The highest BCUT2D eigenvalue weighted by atomic mass is 35.5. The summed E-state index contributed by atoms with van der Waals surface area (Å²) in [6.07, 6.45) is 0. The molecule has 1 atom stereocenters. The molecule has 0 bridgehead atoms. The van der Waals surface area contributed by atoms with Crippen molar-refractivity contribution in [3.05, 3.63) is 28.2 Å². The van der Waals surface area contributed by atoms with Crippen molar-refractivity contribution in [3.63, 3.8) is 0 Å². The van der Waals surface area contributed by atoms with Gasteiger partial charge in [-0.25, -0.2) is 4.79 Å². The summed E-state index contributed by atoms with van der Waals surface area (Å²) in [5.41, 5.74) is 1.42. The van der Waals surface area contributed by atoms with Crippen LogP contribution in [0.5, 0.6) is 0 Å². The lowest BCUT2D eigenvalue weighted by Crippen LogP contribution is -2.45. The van der Waals surface area contributed by atoms with Crippen LogP contribution in [-0.2, 0) is 28.7 Å². The molecule has 0 heterocycles. The van der Waals surface area contributed by atoms with E-state index in [1.807, 2.05) is 0 Å². The van der Waals surface area contributed by atoms with Crippen molar-refractivity contribution in [2.75, 3.05) is 19.5 Å². The Bertz CT molecular complexity index is 848. The van der Waals surface area contributed by atoms with Crippen molar-refractivity contribution in [2.24, 2.45) is 11.0 Å². The Balaban J connectivity index is 3.31. The Labute approximate surface area is 177 Å². The number of Topliss-reactive ketones (excluding diaryl/α,β-unsaturated/α-hetero) is 1. The van der Waals surface area contributed by atoms with Crippen LogP contribution in [0.1, 0.15) is 20.8 Å². The fraction of sp³-hybridized carbons (Fsp3) is 0.389. The van der Waals surface area contributed by atoms with Gasteiger partial charge in [-0.05, 0) is 39.0 Å². The number of hydrogen-bond donors (Lipinski definition) is 2. The standard InChI is InChI=1S/C18H21Cl2N3O6/c1-18(2,3)23-22-13(17(27)29-5)12(16(26)28-4)14(24)15(25)21-11-8-9(19)6-7-10(11)20/h6-8,12,23H,1-5H3,(H,21,25)/b22-13+/t12-/m0/s1. The van der Waals surface area contributed by atoms with Crippen LogP contribution in [0, 0.1) is 5.92 Å². The summed E-state index contributed by atoms with van der Waals surface area (Å²) < 4.78 is 9.18. The molecule has 0 unspecified atom stereocenters. The molecule has 29 heavy (non-hydrogen) atoms. The summed E-state index contributed by atoms with van der Waals surface area (Å²) in [4.78, 5) is 49.6. The van der Waals surface area contributed by atoms with E-state index in [0.29, 0.717) is 0 Å². The third-order valence-corrected chi connectivity index (χ3v) is 3.84. The van der Waals surface area contributed by atoms with Gasteiger partial charge in [-0.15, -0.1) is 0 Å². The van der Waals surface area contributed by atoms with Crippen molar-refractivity contribution < 1.29 is 28.7 Å². The third kappa shape index (κ3) is 7.03. The number of rotatable bonds is 7. The summed E-state index contributed by atoms with van der Waals surface area (Å²) in [6.45, 7) is 5.19. The van der Waals surface area contributed by atoms with Gasteiger partial charge in [-0.2, -0.15) is 5.10 Å². The van der Waals surface area contributed by atoms with Crippen LogP contribution in [0.3, 0.4) is 0 Å². The van der Waals surface area contributed by atoms with E-state index in [2.05, 4.69) is 25.3 Å². The van der Waals surface area contributed by atoms with E-state index in [4.69, 9.17) is 23.2 Å². The molecule has 0 saturated carbocycles.